The molecule has 0 radical (unpaired) electrons. The highest BCUT2D eigenvalue weighted by Crippen LogP contribution is 2.45. The first-order chi connectivity index (χ1) is 12.0. The number of hydrogen-bond acceptors (Lipinski definition) is 3. The summed E-state index contributed by atoms with van der Waals surface area (Å²) >= 11 is 0. The number of methoxy groups -OCH3 is 1. The number of pyridine rings is 1. The number of fused-ring (bicyclic) bond motifs is 1. The Morgan fingerprint density at radius 1 is 1.12 bits per heavy atom. The summed E-state index contributed by atoms with van der Waals surface area (Å²) in [5, 5.41) is 0. The van der Waals surface area contributed by atoms with Gasteiger partial charge in [0.15, 0.2) is 0 Å². The van der Waals surface area contributed by atoms with Gasteiger partial charge in [-0.2, -0.15) is 0 Å². The highest BCUT2D eigenvalue weighted by atomic mass is 16.5. The van der Waals surface area contributed by atoms with Crippen molar-refractivity contribution in [1.29, 1.82) is 0 Å². The molecule has 0 amide bonds. The molecule has 0 atom stereocenters. The summed E-state index contributed by atoms with van der Waals surface area (Å²) in [4.78, 5) is 4.14. The van der Waals surface area contributed by atoms with Crippen molar-refractivity contribution >= 4 is 5.57 Å². The number of benzene rings is 1. The third kappa shape index (κ3) is 3.87. The number of aromatic nitrogens is 1. The van der Waals surface area contributed by atoms with Gasteiger partial charge in [0.2, 0.25) is 0 Å². The Hall–Kier alpha value is -2.29. The van der Waals surface area contributed by atoms with Crippen molar-refractivity contribution in [3.63, 3.8) is 0 Å². The van der Waals surface area contributed by atoms with Crippen molar-refractivity contribution in [3.05, 3.63) is 59.4 Å². The molecule has 0 saturated heterocycles. The van der Waals surface area contributed by atoms with Gasteiger partial charge >= 0.3 is 0 Å². The van der Waals surface area contributed by atoms with Crippen LogP contribution in [-0.4, -0.2) is 17.7 Å². The van der Waals surface area contributed by atoms with E-state index in [4.69, 9.17) is 9.47 Å². The molecule has 2 heterocycles. The minimum absolute atomic E-state index is 0.362. The fraction of sp³-hybridized carbons (Fsp3) is 0.409. The van der Waals surface area contributed by atoms with Crippen LogP contribution < -0.4 is 9.47 Å². The lowest BCUT2D eigenvalue weighted by Crippen LogP contribution is -2.29. The van der Waals surface area contributed by atoms with Crippen molar-refractivity contribution in [3.8, 4) is 11.5 Å². The van der Waals surface area contributed by atoms with E-state index in [1.165, 1.54) is 24.8 Å². The van der Waals surface area contributed by atoms with E-state index in [9.17, 15) is 0 Å². The summed E-state index contributed by atoms with van der Waals surface area (Å²) in [6, 6.07) is 8.41. The van der Waals surface area contributed by atoms with Crippen LogP contribution in [0.3, 0.4) is 0 Å². The number of unbranched alkanes of at least 4 members (excludes halogenated alkanes) is 2. The molecular formula is C22H27NO2. The van der Waals surface area contributed by atoms with Crippen LogP contribution in [0.25, 0.3) is 5.57 Å². The van der Waals surface area contributed by atoms with Crippen molar-refractivity contribution in [2.75, 3.05) is 7.11 Å². The predicted molar refractivity (Wildman–Crippen MR) is 102 cm³/mol. The molecule has 0 fully saturated rings. The van der Waals surface area contributed by atoms with Gasteiger partial charge in [0.1, 0.15) is 17.1 Å². The van der Waals surface area contributed by atoms with Gasteiger partial charge in [-0.3, -0.25) is 4.98 Å². The van der Waals surface area contributed by atoms with Gasteiger partial charge in [-0.25, -0.2) is 0 Å². The summed E-state index contributed by atoms with van der Waals surface area (Å²) < 4.78 is 12.0. The maximum Gasteiger partial charge on any atom is 0.132 e. The van der Waals surface area contributed by atoms with Gasteiger partial charge < -0.3 is 9.47 Å². The first kappa shape index (κ1) is 17.5. The average Bonchev–Trinajstić information content (AvgIpc) is 2.60. The minimum Gasteiger partial charge on any atom is -0.496 e. The number of nitrogens with zero attached hydrogens (tertiary/aromatic N) is 1. The lowest BCUT2D eigenvalue weighted by atomic mass is 9.88. The molecule has 0 aliphatic carbocycles. The summed E-state index contributed by atoms with van der Waals surface area (Å²) in [6.45, 7) is 6.41. The molecule has 1 aromatic heterocycles. The van der Waals surface area contributed by atoms with Crippen LogP contribution in [0.15, 0.2) is 42.7 Å². The molecule has 0 bridgehead atoms. The van der Waals surface area contributed by atoms with Crippen LogP contribution >= 0.6 is 0 Å². The monoisotopic (exact) mass is 337 g/mol. The smallest absolute Gasteiger partial charge is 0.132 e. The van der Waals surface area contributed by atoms with E-state index < -0.39 is 0 Å². The van der Waals surface area contributed by atoms with E-state index >= 15 is 0 Å². The molecule has 0 saturated carbocycles. The number of aryl methyl sites for hydroxylation is 1. The fourth-order valence-corrected chi connectivity index (χ4v) is 3.37. The zero-order valence-electron chi connectivity index (χ0n) is 15.6. The van der Waals surface area contributed by atoms with E-state index in [1.807, 2.05) is 24.5 Å². The molecule has 3 nitrogen and oxygen atoms in total. The van der Waals surface area contributed by atoms with Crippen LogP contribution in [0.2, 0.25) is 0 Å². The molecule has 0 spiro atoms. The quantitative estimate of drug-likeness (QED) is 0.659. The standard InChI is InChI=1S/C22H27NO2/c1-5-6-7-8-16-13-19(24-4)21-18(17-9-11-23-12-10-17)15-22(2,3)25-20(21)14-16/h9-15H,5-8H2,1-4H3. The van der Waals surface area contributed by atoms with Crippen molar-refractivity contribution in [1.82, 2.24) is 4.98 Å². The second-order valence-corrected chi connectivity index (χ2v) is 7.13. The van der Waals surface area contributed by atoms with Gasteiger partial charge in [0.25, 0.3) is 0 Å². The Balaban J connectivity index is 2.08. The highest BCUT2D eigenvalue weighted by Gasteiger charge is 2.30. The zero-order chi connectivity index (χ0) is 17.9. The molecule has 0 N–H and O–H groups in total. The third-order valence-electron chi connectivity index (χ3n) is 4.54. The number of ether oxygens (including phenoxy) is 2. The predicted octanol–water partition coefficient (Wildman–Crippen LogP) is 5.43. The molecular weight excluding hydrogens is 310 g/mol. The van der Waals surface area contributed by atoms with E-state index in [0.717, 1.165) is 34.6 Å². The minimum atomic E-state index is -0.362. The third-order valence-corrected chi connectivity index (χ3v) is 4.54. The summed E-state index contributed by atoms with van der Waals surface area (Å²) in [6.07, 6.45) is 10.5. The molecule has 132 valence electrons. The molecule has 1 aromatic carbocycles. The van der Waals surface area contributed by atoms with Crippen molar-refractivity contribution in [2.45, 2.75) is 52.1 Å². The highest BCUT2D eigenvalue weighted by molar-refractivity contribution is 5.87. The second-order valence-electron chi connectivity index (χ2n) is 7.13. The van der Waals surface area contributed by atoms with Crippen molar-refractivity contribution < 1.29 is 9.47 Å². The van der Waals surface area contributed by atoms with E-state index in [-0.39, 0.29) is 5.60 Å². The average molecular weight is 337 g/mol. The number of hydrogen-bond donors (Lipinski definition) is 0. The van der Waals surface area contributed by atoms with Crippen LogP contribution in [0.4, 0.5) is 0 Å². The molecule has 1 aliphatic heterocycles. The van der Waals surface area contributed by atoms with Gasteiger partial charge in [0.05, 0.1) is 12.7 Å². The first-order valence-corrected chi connectivity index (χ1v) is 9.07. The Bertz CT molecular complexity index is 763. The van der Waals surface area contributed by atoms with Crippen LogP contribution in [0.5, 0.6) is 11.5 Å². The topological polar surface area (TPSA) is 31.4 Å². The summed E-state index contributed by atoms with van der Waals surface area (Å²) in [7, 11) is 1.73. The maximum atomic E-state index is 6.29. The normalized spacial score (nSPS) is 15.1. The van der Waals surface area contributed by atoms with Crippen LogP contribution in [0.1, 0.15) is 56.7 Å². The SMILES string of the molecule is CCCCCc1cc(OC)c2c(c1)OC(C)(C)C=C2c1ccncc1. The molecule has 3 rings (SSSR count). The number of rotatable bonds is 6. The lowest BCUT2D eigenvalue weighted by molar-refractivity contribution is 0.157. The van der Waals surface area contributed by atoms with Gasteiger partial charge in [0, 0.05) is 12.4 Å². The second kappa shape index (κ2) is 7.30. The Morgan fingerprint density at radius 3 is 2.56 bits per heavy atom. The van der Waals surface area contributed by atoms with E-state index in [1.54, 1.807) is 7.11 Å². The Morgan fingerprint density at radius 2 is 1.88 bits per heavy atom. The summed E-state index contributed by atoms with van der Waals surface area (Å²) in [5.74, 6) is 1.78. The largest absolute Gasteiger partial charge is 0.496 e. The van der Waals surface area contributed by atoms with Crippen LogP contribution in [0, 0.1) is 0 Å². The van der Waals surface area contributed by atoms with Gasteiger partial charge in [-0.1, -0.05) is 19.8 Å². The molecule has 0 unspecified atom stereocenters. The Kier molecular flexibility index (Phi) is 5.12. The van der Waals surface area contributed by atoms with Crippen LogP contribution in [-0.2, 0) is 6.42 Å². The van der Waals surface area contributed by atoms with Crippen molar-refractivity contribution in [2.24, 2.45) is 0 Å². The van der Waals surface area contributed by atoms with Gasteiger partial charge in [-0.05, 0) is 73.7 Å². The Labute approximate surface area is 150 Å². The molecule has 25 heavy (non-hydrogen) atoms. The molecule has 2 aromatic rings. The summed E-state index contributed by atoms with van der Waals surface area (Å²) in [5.41, 5.74) is 4.22. The van der Waals surface area contributed by atoms with Gasteiger partial charge in [-0.15, -0.1) is 0 Å². The van der Waals surface area contributed by atoms with E-state index in [2.05, 4.69) is 44.0 Å². The molecule has 3 heteroatoms. The zero-order valence-corrected chi connectivity index (χ0v) is 15.6. The fourth-order valence-electron chi connectivity index (χ4n) is 3.37. The van der Waals surface area contributed by atoms with E-state index in [0.29, 0.717) is 0 Å². The molecule has 1 aliphatic rings. The first-order valence-electron chi connectivity index (χ1n) is 9.07. The lowest BCUT2D eigenvalue weighted by Gasteiger charge is -2.32. The maximum absolute atomic E-state index is 6.29.